The largest absolute Gasteiger partial charge is 0.465 e. The molecular weight excluding hydrogens is 268 g/mol. The molecule has 0 heterocycles. The Labute approximate surface area is 116 Å². The standard InChI is InChI=1S/C12H26N2O4S/c1-5-8-10-13(4)19(16,17)14(9-6-2)11-12(15)18-7-3/h5-11H2,1-4H3. The molecule has 0 aromatic carbocycles. The molecule has 0 atom stereocenters. The molecule has 0 saturated carbocycles. The third kappa shape index (κ3) is 6.35. The molecule has 114 valence electrons. The Morgan fingerprint density at radius 1 is 1.11 bits per heavy atom. The highest BCUT2D eigenvalue weighted by molar-refractivity contribution is 7.86. The quantitative estimate of drug-likeness (QED) is 0.569. The van der Waals surface area contributed by atoms with E-state index in [9.17, 15) is 13.2 Å². The minimum atomic E-state index is -3.58. The number of unbranched alkanes of at least 4 members (excludes halogenated alkanes) is 1. The Bertz CT molecular complexity index is 357. The number of carbonyl (C=O) groups is 1. The van der Waals surface area contributed by atoms with Crippen LogP contribution in [0.5, 0.6) is 0 Å². The van der Waals surface area contributed by atoms with Crippen LogP contribution in [0.2, 0.25) is 0 Å². The number of esters is 1. The van der Waals surface area contributed by atoms with Crippen LogP contribution in [-0.4, -0.2) is 56.3 Å². The van der Waals surface area contributed by atoms with Gasteiger partial charge in [-0.2, -0.15) is 17.0 Å². The molecule has 0 aromatic rings. The summed E-state index contributed by atoms with van der Waals surface area (Å²) in [6.07, 6.45) is 2.38. The van der Waals surface area contributed by atoms with Crippen LogP contribution in [-0.2, 0) is 19.7 Å². The third-order valence-electron chi connectivity index (χ3n) is 2.63. The van der Waals surface area contributed by atoms with Crippen LogP contribution in [0.1, 0.15) is 40.0 Å². The first kappa shape index (κ1) is 18.3. The molecule has 0 aromatic heterocycles. The van der Waals surface area contributed by atoms with Gasteiger partial charge in [-0.05, 0) is 19.8 Å². The summed E-state index contributed by atoms with van der Waals surface area (Å²) in [5, 5.41) is 0. The van der Waals surface area contributed by atoms with Crippen molar-refractivity contribution >= 4 is 16.2 Å². The van der Waals surface area contributed by atoms with Gasteiger partial charge in [0.05, 0.1) is 6.61 Å². The maximum Gasteiger partial charge on any atom is 0.321 e. The second-order valence-electron chi connectivity index (χ2n) is 4.32. The molecule has 0 unspecified atom stereocenters. The average molecular weight is 294 g/mol. The zero-order valence-electron chi connectivity index (χ0n) is 12.4. The molecule has 6 nitrogen and oxygen atoms in total. The Morgan fingerprint density at radius 3 is 2.21 bits per heavy atom. The molecule has 19 heavy (non-hydrogen) atoms. The van der Waals surface area contributed by atoms with Crippen molar-refractivity contribution in [1.29, 1.82) is 0 Å². The second kappa shape index (κ2) is 9.28. The lowest BCUT2D eigenvalue weighted by Crippen LogP contribution is -2.45. The Morgan fingerprint density at radius 2 is 1.74 bits per heavy atom. The summed E-state index contributed by atoms with van der Waals surface area (Å²) in [6, 6.07) is 0. The van der Waals surface area contributed by atoms with Gasteiger partial charge in [-0.3, -0.25) is 4.79 Å². The summed E-state index contributed by atoms with van der Waals surface area (Å²) in [7, 11) is -2.04. The zero-order chi connectivity index (χ0) is 14.9. The van der Waals surface area contributed by atoms with Gasteiger partial charge in [0.25, 0.3) is 10.2 Å². The average Bonchev–Trinajstić information content (AvgIpc) is 2.35. The van der Waals surface area contributed by atoms with E-state index in [1.807, 2.05) is 13.8 Å². The predicted octanol–water partition coefficient (Wildman–Crippen LogP) is 1.24. The van der Waals surface area contributed by atoms with Gasteiger partial charge in [0.15, 0.2) is 0 Å². The molecule has 0 rings (SSSR count). The fraction of sp³-hybridized carbons (Fsp3) is 0.917. The first-order chi connectivity index (χ1) is 8.89. The highest BCUT2D eigenvalue weighted by atomic mass is 32.2. The lowest BCUT2D eigenvalue weighted by Gasteiger charge is -2.26. The van der Waals surface area contributed by atoms with E-state index in [0.717, 1.165) is 12.8 Å². The van der Waals surface area contributed by atoms with Crippen LogP contribution in [0.3, 0.4) is 0 Å². The van der Waals surface area contributed by atoms with Crippen molar-refractivity contribution < 1.29 is 17.9 Å². The summed E-state index contributed by atoms with van der Waals surface area (Å²) in [5.41, 5.74) is 0. The lowest BCUT2D eigenvalue weighted by atomic mass is 10.3. The molecule has 0 aliphatic carbocycles. The molecule has 0 saturated heterocycles. The Kier molecular flexibility index (Phi) is 8.95. The number of hydrogen-bond acceptors (Lipinski definition) is 4. The van der Waals surface area contributed by atoms with Crippen molar-refractivity contribution in [3.63, 3.8) is 0 Å². The monoisotopic (exact) mass is 294 g/mol. The summed E-state index contributed by atoms with van der Waals surface area (Å²) in [4.78, 5) is 11.5. The van der Waals surface area contributed by atoms with E-state index < -0.39 is 16.2 Å². The van der Waals surface area contributed by atoms with E-state index in [1.54, 1.807) is 14.0 Å². The van der Waals surface area contributed by atoms with E-state index in [0.29, 0.717) is 19.5 Å². The highest BCUT2D eigenvalue weighted by Crippen LogP contribution is 2.09. The maximum absolute atomic E-state index is 12.3. The van der Waals surface area contributed by atoms with E-state index >= 15 is 0 Å². The van der Waals surface area contributed by atoms with Crippen LogP contribution in [0.15, 0.2) is 0 Å². The van der Waals surface area contributed by atoms with Crippen molar-refractivity contribution in [2.75, 3.05) is 33.3 Å². The number of rotatable bonds is 10. The van der Waals surface area contributed by atoms with E-state index in [2.05, 4.69) is 0 Å². The first-order valence-corrected chi connectivity index (χ1v) is 8.16. The minimum absolute atomic E-state index is 0.222. The van der Waals surface area contributed by atoms with Crippen molar-refractivity contribution in [1.82, 2.24) is 8.61 Å². The number of carbonyl (C=O) groups excluding carboxylic acids is 1. The number of nitrogens with zero attached hydrogens (tertiary/aromatic N) is 2. The molecular formula is C12H26N2O4S. The number of hydrogen-bond donors (Lipinski definition) is 0. The van der Waals surface area contributed by atoms with Gasteiger partial charge in [-0.1, -0.05) is 20.3 Å². The molecule has 0 aliphatic heterocycles. The summed E-state index contributed by atoms with van der Waals surface area (Å²) in [6.45, 7) is 6.39. The molecule has 0 N–H and O–H groups in total. The molecule has 0 spiro atoms. The predicted molar refractivity (Wildman–Crippen MR) is 75.0 cm³/mol. The van der Waals surface area contributed by atoms with Gasteiger partial charge in [-0.15, -0.1) is 0 Å². The van der Waals surface area contributed by atoms with Gasteiger partial charge in [0.2, 0.25) is 0 Å². The van der Waals surface area contributed by atoms with Gasteiger partial charge in [0, 0.05) is 20.1 Å². The highest BCUT2D eigenvalue weighted by Gasteiger charge is 2.28. The van der Waals surface area contributed by atoms with Crippen molar-refractivity contribution in [3.05, 3.63) is 0 Å². The van der Waals surface area contributed by atoms with Gasteiger partial charge < -0.3 is 4.74 Å². The van der Waals surface area contributed by atoms with Crippen molar-refractivity contribution in [2.45, 2.75) is 40.0 Å². The molecule has 0 fully saturated rings. The molecule has 0 aliphatic rings. The second-order valence-corrected chi connectivity index (χ2v) is 6.36. The smallest absolute Gasteiger partial charge is 0.321 e. The maximum atomic E-state index is 12.3. The molecule has 0 bridgehead atoms. The Hall–Kier alpha value is -0.660. The van der Waals surface area contributed by atoms with Gasteiger partial charge in [-0.25, -0.2) is 0 Å². The zero-order valence-corrected chi connectivity index (χ0v) is 13.2. The van der Waals surface area contributed by atoms with Crippen LogP contribution in [0.25, 0.3) is 0 Å². The van der Waals surface area contributed by atoms with Gasteiger partial charge >= 0.3 is 5.97 Å². The lowest BCUT2D eigenvalue weighted by molar-refractivity contribution is -0.143. The number of ether oxygens (including phenoxy) is 1. The van der Waals surface area contributed by atoms with E-state index in [-0.39, 0.29) is 13.2 Å². The summed E-state index contributed by atoms with van der Waals surface area (Å²) < 4.78 is 31.9. The molecule has 0 radical (unpaired) electrons. The van der Waals surface area contributed by atoms with Crippen molar-refractivity contribution in [2.24, 2.45) is 0 Å². The summed E-state index contributed by atoms with van der Waals surface area (Å²) in [5.74, 6) is -0.511. The summed E-state index contributed by atoms with van der Waals surface area (Å²) >= 11 is 0. The van der Waals surface area contributed by atoms with Crippen molar-refractivity contribution in [3.8, 4) is 0 Å². The molecule has 0 amide bonds. The van der Waals surface area contributed by atoms with Crippen LogP contribution in [0.4, 0.5) is 0 Å². The van der Waals surface area contributed by atoms with Gasteiger partial charge in [0.1, 0.15) is 6.54 Å². The fourth-order valence-electron chi connectivity index (χ4n) is 1.57. The van der Waals surface area contributed by atoms with Crippen LogP contribution in [0, 0.1) is 0 Å². The SMILES string of the molecule is CCCCN(C)S(=O)(=O)N(CCC)CC(=O)OCC. The fourth-order valence-corrected chi connectivity index (χ4v) is 3.01. The minimum Gasteiger partial charge on any atom is -0.465 e. The molecule has 7 heteroatoms. The first-order valence-electron chi connectivity index (χ1n) is 6.77. The van der Waals surface area contributed by atoms with E-state index in [1.165, 1.54) is 8.61 Å². The third-order valence-corrected chi connectivity index (χ3v) is 4.57. The van der Waals surface area contributed by atoms with E-state index in [4.69, 9.17) is 4.74 Å². The van der Waals surface area contributed by atoms with Crippen LogP contribution < -0.4 is 0 Å². The van der Waals surface area contributed by atoms with Crippen LogP contribution >= 0.6 is 0 Å². The topological polar surface area (TPSA) is 66.9 Å². The normalized spacial score (nSPS) is 12.1. The Balaban J connectivity index is 4.78.